The van der Waals surface area contributed by atoms with Gasteiger partial charge >= 0.3 is 5.97 Å². The molecule has 4 heteroatoms. The Balaban J connectivity index is 2.69. The smallest absolute Gasteiger partial charge is 0.329 e. The van der Waals surface area contributed by atoms with E-state index in [1.807, 2.05) is 20.8 Å². The molecule has 1 fully saturated rings. The van der Waals surface area contributed by atoms with E-state index in [2.05, 4.69) is 27.7 Å². The van der Waals surface area contributed by atoms with E-state index in [0.717, 1.165) is 6.42 Å². The van der Waals surface area contributed by atoms with Gasteiger partial charge in [-0.3, -0.25) is 4.79 Å². The zero-order valence-electron chi connectivity index (χ0n) is 14.7. The van der Waals surface area contributed by atoms with Gasteiger partial charge in [-0.15, -0.1) is 0 Å². The van der Waals surface area contributed by atoms with Gasteiger partial charge in [-0.2, -0.15) is 0 Å². The van der Waals surface area contributed by atoms with Crippen LogP contribution in [0.4, 0.5) is 0 Å². The number of esters is 1. The monoisotopic (exact) mass is 297 g/mol. The molecule has 0 spiro atoms. The number of carbonyl (C=O) groups is 2. The predicted octanol–water partition coefficient (Wildman–Crippen LogP) is 3.39. The van der Waals surface area contributed by atoms with Crippen molar-refractivity contribution in [3.05, 3.63) is 0 Å². The summed E-state index contributed by atoms with van der Waals surface area (Å²) in [5, 5.41) is 0. The maximum Gasteiger partial charge on any atom is 0.329 e. The van der Waals surface area contributed by atoms with Gasteiger partial charge in [-0.25, -0.2) is 4.79 Å². The van der Waals surface area contributed by atoms with E-state index in [0.29, 0.717) is 19.4 Å². The summed E-state index contributed by atoms with van der Waals surface area (Å²) in [7, 11) is 0. The van der Waals surface area contributed by atoms with Gasteiger partial charge in [0.05, 0.1) is 0 Å². The summed E-state index contributed by atoms with van der Waals surface area (Å²) >= 11 is 0. The van der Waals surface area contributed by atoms with E-state index in [1.165, 1.54) is 0 Å². The van der Waals surface area contributed by atoms with Gasteiger partial charge < -0.3 is 9.64 Å². The largest absolute Gasteiger partial charge is 0.458 e. The molecule has 1 rings (SSSR count). The van der Waals surface area contributed by atoms with Crippen molar-refractivity contribution >= 4 is 11.9 Å². The molecule has 1 heterocycles. The summed E-state index contributed by atoms with van der Waals surface area (Å²) in [5.74, 6) is 0.0902. The van der Waals surface area contributed by atoms with Gasteiger partial charge in [0, 0.05) is 13.0 Å². The topological polar surface area (TPSA) is 46.6 Å². The highest BCUT2D eigenvalue weighted by Gasteiger charge is 2.37. The van der Waals surface area contributed by atoms with Crippen LogP contribution in [0, 0.1) is 11.3 Å². The maximum absolute atomic E-state index is 12.5. The Hall–Kier alpha value is -1.06. The normalized spacial score (nSPS) is 21.3. The number of ether oxygens (including phenoxy) is 1. The number of rotatable bonds is 3. The van der Waals surface area contributed by atoms with Crippen molar-refractivity contribution < 1.29 is 14.3 Å². The number of amides is 1. The first kappa shape index (κ1) is 18.0. The first-order valence-electron chi connectivity index (χ1n) is 7.94. The molecular weight excluding hydrogens is 266 g/mol. The van der Waals surface area contributed by atoms with Gasteiger partial charge in [-0.1, -0.05) is 27.7 Å². The predicted molar refractivity (Wildman–Crippen MR) is 83.8 cm³/mol. The highest BCUT2D eigenvalue weighted by molar-refractivity contribution is 5.85. The molecule has 0 N–H and O–H groups in total. The Labute approximate surface area is 129 Å². The molecule has 1 amide bonds. The molecule has 0 saturated carbocycles. The molecule has 4 nitrogen and oxygen atoms in total. The van der Waals surface area contributed by atoms with E-state index in [-0.39, 0.29) is 23.2 Å². The molecule has 0 aromatic carbocycles. The minimum absolute atomic E-state index is 0.0748. The van der Waals surface area contributed by atoms with Crippen molar-refractivity contribution in [3.8, 4) is 0 Å². The van der Waals surface area contributed by atoms with E-state index >= 15 is 0 Å². The van der Waals surface area contributed by atoms with Crippen molar-refractivity contribution in [1.29, 1.82) is 0 Å². The molecule has 0 bridgehead atoms. The van der Waals surface area contributed by atoms with E-state index in [1.54, 1.807) is 4.90 Å². The first-order valence-corrected chi connectivity index (χ1v) is 7.94. The molecule has 1 aliphatic heterocycles. The second kappa shape index (κ2) is 6.37. The average Bonchev–Trinajstić information content (AvgIpc) is 2.73. The van der Waals surface area contributed by atoms with Crippen LogP contribution in [0.5, 0.6) is 0 Å². The third-order valence-corrected chi connectivity index (χ3v) is 4.21. The van der Waals surface area contributed by atoms with Crippen LogP contribution in [0.2, 0.25) is 0 Å². The molecule has 1 aliphatic rings. The molecule has 0 radical (unpaired) electrons. The van der Waals surface area contributed by atoms with E-state index in [4.69, 9.17) is 4.74 Å². The molecule has 0 aliphatic carbocycles. The number of hydrogen-bond donors (Lipinski definition) is 0. The number of hydrogen-bond acceptors (Lipinski definition) is 3. The summed E-state index contributed by atoms with van der Waals surface area (Å²) < 4.78 is 5.44. The SMILES string of the molecule is CC(CC(=O)N1CCC[C@@H]1C(=O)OC(C)(C)C)C(C)(C)C. The van der Waals surface area contributed by atoms with Gasteiger partial charge in [0.2, 0.25) is 5.91 Å². The van der Waals surface area contributed by atoms with Crippen molar-refractivity contribution in [3.63, 3.8) is 0 Å². The van der Waals surface area contributed by atoms with Crippen LogP contribution in [-0.2, 0) is 14.3 Å². The lowest BCUT2D eigenvalue weighted by Gasteiger charge is -2.31. The number of likely N-dealkylation sites (tertiary alicyclic amines) is 1. The lowest BCUT2D eigenvalue weighted by Crippen LogP contribution is -2.44. The summed E-state index contributed by atoms with van der Waals surface area (Å²) in [6.45, 7) is 14.7. The zero-order chi connectivity index (χ0) is 16.4. The Morgan fingerprint density at radius 1 is 1.19 bits per heavy atom. The van der Waals surface area contributed by atoms with Crippen LogP contribution in [0.1, 0.15) is 67.7 Å². The summed E-state index contributed by atoms with van der Waals surface area (Å²) in [4.78, 5) is 26.5. The van der Waals surface area contributed by atoms with Gasteiger partial charge in [-0.05, 0) is 44.9 Å². The van der Waals surface area contributed by atoms with Crippen molar-refractivity contribution in [2.45, 2.75) is 79.4 Å². The van der Waals surface area contributed by atoms with Crippen LogP contribution in [0.3, 0.4) is 0 Å². The molecule has 1 saturated heterocycles. The lowest BCUT2D eigenvalue weighted by atomic mass is 9.80. The summed E-state index contributed by atoms with van der Waals surface area (Å²) in [6.07, 6.45) is 2.08. The van der Waals surface area contributed by atoms with Crippen LogP contribution in [-0.4, -0.2) is 35.0 Å². The van der Waals surface area contributed by atoms with Gasteiger partial charge in [0.25, 0.3) is 0 Å². The second-order valence-electron chi connectivity index (χ2n) is 8.25. The minimum Gasteiger partial charge on any atom is -0.458 e. The molecule has 0 aromatic rings. The minimum atomic E-state index is -0.507. The Bertz CT molecular complexity index is 390. The summed E-state index contributed by atoms with van der Waals surface area (Å²) in [5.41, 5.74) is -0.413. The third kappa shape index (κ3) is 5.33. The molecule has 21 heavy (non-hydrogen) atoms. The Morgan fingerprint density at radius 2 is 1.76 bits per heavy atom. The fourth-order valence-electron chi connectivity index (χ4n) is 2.37. The fraction of sp³-hybridized carbons (Fsp3) is 0.882. The van der Waals surface area contributed by atoms with Crippen molar-refractivity contribution in [1.82, 2.24) is 4.90 Å². The van der Waals surface area contributed by atoms with E-state index in [9.17, 15) is 9.59 Å². The van der Waals surface area contributed by atoms with Crippen LogP contribution in [0.25, 0.3) is 0 Å². The van der Waals surface area contributed by atoms with Crippen LogP contribution < -0.4 is 0 Å². The highest BCUT2D eigenvalue weighted by Crippen LogP contribution is 2.30. The fourth-order valence-corrected chi connectivity index (χ4v) is 2.37. The van der Waals surface area contributed by atoms with E-state index < -0.39 is 11.6 Å². The van der Waals surface area contributed by atoms with Crippen molar-refractivity contribution in [2.24, 2.45) is 11.3 Å². The third-order valence-electron chi connectivity index (χ3n) is 4.21. The average molecular weight is 297 g/mol. The molecule has 2 atom stereocenters. The lowest BCUT2D eigenvalue weighted by molar-refractivity contribution is -0.163. The van der Waals surface area contributed by atoms with Gasteiger partial charge in [0.15, 0.2) is 0 Å². The maximum atomic E-state index is 12.5. The van der Waals surface area contributed by atoms with Crippen LogP contribution in [0.15, 0.2) is 0 Å². The first-order chi connectivity index (χ1) is 9.42. The Morgan fingerprint density at radius 3 is 2.24 bits per heavy atom. The zero-order valence-corrected chi connectivity index (χ0v) is 14.7. The molecule has 0 aromatic heterocycles. The molecular formula is C17H31NO3. The molecule has 122 valence electrons. The second-order valence-corrected chi connectivity index (χ2v) is 8.25. The number of nitrogens with zero attached hydrogens (tertiary/aromatic N) is 1. The quantitative estimate of drug-likeness (QED) is 0.750. The summed E-state index contributed by atoms with van der Waals surface area (Å²) in [6, 6.07) is -0.399. The standard InChI is InChI=1S/C17H31NO3/c1-12(16(2,3)4)11-14(19)18-10-8-9-13(18)15(20)21-17(5,6)7/h12-13H,8-11H2,1-7H3/t12?,13-/m1/s1. The number of carbonyl (C=O) groups excluding carboxylic acids is 2. The van der Waals surface area contributed by atoms with Crippen LogP contribution >= 0.6 is 0 Å². The molecule has 1 unspecified atom stereocenters. The Kier molecular flexibility index (Phi) is 5.46. The van der Waals surface area contributed by atoms with Gasteiger partial charge in [0.1, 0.15) is 11.6 Å². The van der Waals surface area contributed by atoms with Crippen molar-refractivity contribution in [2.75, 3.05) is 6.54 Å². The highest BCUT2D eigenvalue weighted by atomic mass is 16.6.